The normalized spacial score (nSPS) is 15.8. The van der Waals surface area contributed by atoms with Crippen LogP contribution in [0.15, 0.2) is 42.9 Å². The summed E-state index contributed by atoms with van der Waals surface area (Å²) < 4.78 is 34.9. The highest BCUT2D eigenvalue weighted by Gasteiger charge is 2.32. The van der Waals surface area contributed by atoms with E-state index in [0.717, 1.165) is 16.6 Å². The lowest BCUT2D eigenvalue weighted by Crippen LogP contribution is -2.28. The quantitative estimate of drug-likeness (QED) is 0.490. The largest absolute Gasteiger partial charge is 0.443 e. The molecule has 1 amide bonds. The van der Waals surface area contributed by atoms with E-state index in [4.69, 9.17) is 15.3 Å². The smallest absolute Gasteiger partial charge is 0.415 e. The Morgan fingerprint density at radius 1 is 1.24 bits per heavy atom. The van der Waals surface area contributed by atoms with Crippen LogP contribution in [0, 0.1) is 0 Å². The number of nitrogens with two attached hydrogens (primary N) is 1. The Balaban J connectivity index is 0.00000158. The van der Waals surface area contributed by atoms with Crippen LogP contribution in [-0.4, -0.2) is 66.1 Å². The Labute approximate surface area is 195 Å². The number of alkyl halides is 2. The third-order valence-corrected chi connectivity index (χ3v) is 5.53. The van der Waals surface area contributed by atoms with Gasteiger partial charge in [-0.15, -0.1) is 0 Å². The highest BCUT2D eigenvalue weighted by Crippen LogP contribution is 2.26. The first-order chi connectivity index (χ1) is 16.4. The van der Waals surface area contributed by atoms with Crippen molar-refractivity contribution in [2.45, 2.75) is 31.3 Å². The van der Waals surface area contributed by atoms with E-state index in [0.29, 0.717) is 18.0 Å². The molecule has 0 aliphatic carbocycles. The van der Waals surface area contributed by atoms with Gasteiger partial charge < -0.3 is 20.6 Å². The molecule has 0 saturated carbocycles. The lowest BCUT2D eigenvalue weighted by atomic mass is 10.0. The molecule has 9 nitrogen and oxygen atoms in total. The number of nitrogens with zero attached hydrogens (tertiary/aromatic N) is 4. The summed E-state index contributed by atoms with van der Waals surface area (Å²) in [5.74, 6) is -2.22. The van der Waals surface area contributed by atoms with E-state index in [9.17, 15) is 13.6 Å². The summed E-state index contributed by atoms with van der Waals surface area (Å²) in [5.41, 5.74) is 7.82. The van der Waals surface area contributed by atoms with Crippen LogP contribution in [0.1, 0.15) is 18.4 Å². The maximum absolute atomic E-state index is 13.9. The van der Waals surface area contributed by atoms with Crippen molar-refractivity contribution in [1.29, 1.82) is 0 Å². The molecule has 34 heavy (non-hydrogen) atoms. The number of aromatic nitrogens is 3. The molecule has 0 spiro atoms. The Morgan fingerprint density at radius 2 is 2.03 bits per heavy atom. The molecular weight excluding hydrogens is 446 g/mol. The van der Waals surface area contributed by atoms with E-state index in [1.165, 1.54) is 4.90 Å². The van der Waals surface area contributed by atoms with Crippen LogP contribution in [0.3, 0.4) is 0 Å². The van der Waals surface area contributed by atoms with Gasteiger partial charge in [0.05, 0.1) is 18.4 Å². The number of halogens is 2. The average molecular weight is 475 g/mol. The summed E-state index contributed by atoms with van der Waals surface area (Å²) in [4.78, 5) is 30.3. The molecule has 4 heterocycles. The maximum atomic E-state index is 13.9. The molecule has 0 radical (unpaired) electrons. The summed E-state index contributed by atoms with van der Waals surface area (Å²) >= 11 is 0. The molecule has 1 atom stereocenters. The number of aryl methyl sites for hydroxylation is 1. The van der Waals surface area contributed by atoms with E-state index in [-0.39, 0.29) is 38.5 Å². The van der Waals surface area contributed by atoms with E-state index < -0.39 is 12.0 Å². The number of nitrogens with one attached hydrogen (secondary N) is 1. The van der Waals surface area contributed by atoms with Gasteiger partial charge in [-0.05, 0) is 43.3 Å². The molecule has 3 N–H and O–H groups in total. The predicted octanol–water partition coefficient (Wildman–Crippen LogP) is 2.70. The summed E-state index contributed by atoms with van der Waals surface area (Å²) in [6, 6.07) is 7.36. The Kier molecular flexibility index (Phi) is 8.24. The van der Waals surface area contributed by atoms with Gasteiger partial charge in [0.25, 0.3) is 0 Å². The third-order valence-electron chi connectivity index (χ3n) is 5.53. The van der Waals surface area contributed by atoms with E-state index >= 15 is 0 Å². The molecule has 182 valence electrons. The molecule has 4 rings (SSSR count). The molecule has 1 aliphatic heterocycles. The van der Waals surface area contributed by atoms with Crippen LogP contribution in [0.5, 0.6) is 0 Å². The minimum Gasteiger partial charge on any atom is -0.443 e. The highest BCUT2D eigenvalue weighted by molar-refractivity contribution is 5.88. The Morgan fingerprint density at radius 3 is 2.68 bits per heavy atom. The van der Waals surface area contributed by atoms with Crippen LogP contribution in [-0.2, 0) is 16.0 Å². The van der Waals surface area contributed by atoms with Crippen molar-refractivity contribution < 1.29 is 23.1 Å². The van der Waals surface area contributed by atoms with Crippen LogP contribution >= 0.6 is 0 Å². The van der Waals surface area contributed by atoms with E-state index in [1.54, 1.807) is 25.5 Å². The van der Waals surface area contributed by atoms with Crippen LogP contribution in [0.4, 0.5) is 19.4 Å². The number of ether oxygens (including phenoxy) is 1. The fourth-order valence-electron chi connectivity index (χ4n) is 3.69. The molecule has 3 aromatic heterocycles. The number of rotatable bonds is 9. The number of fused-ring (bicyclic) bond motifs is 1. The van der Waals surface area contributed by atoms with Crippen molar-refractivity contribution in [1.82, 2.24) is 19.9 Å². The number of cyclic esters (lactones) is 1. The van der Waals surface area contributed by atoms with Gasteiger partial charge in [0.1, 0.15) is 24.4 Å². The van der Waals surface area contributed by atoms with Gasteiger partial charge in [0.2, 0.25) is 5.92 Å². The second-order valence-electron chi connectivity index (χ2n) is 7.88. The van der Waals surface area contributed by atoms with Crippen LogP contribution < -0.4 is 16.0 Å². The topological polar surface area (TPSA) is 115 Å². The molecular formula is C23H28F2N6O3. The fraction of sp³-hybridized carbons (Fsp3) is 0.391. The minimum absolute atomic E-state index is 0.180. The van der Waals surface area contributed by atoms with Crippen molar-refractivity contribution in [3.63, 3.8) is 0 Å². The zero-order valence-electron chi connectivity index (χ0n) is 18.9. The first-order valence-electron chi connectivity index (χ1n) is 10.8. The van der Waals surface area contributed by atoms with Gasteiger partial charge in [-0.2, -0.15) is 0 Å². The second-order valence-corrected chi connectivity index (χ2v) is 7.88. The Bertz CT molecular complexity index is 1110. The SMILES string of the molecule is C=O.CNCCC(F)(F)CCc1cnc2c(ccn2-c2ccc(N3CC(CN)OC3=O)nc2)c1. The van der Waals surface area contributed by atoms with E-state index in [2.05, 4.69) is 15.3 Å². The number of carbonyl (C=O) groups excluding carboxylic acids is 2. The molecule has 1 unspecified atom stereocenters. The minimum atomic E-state index is -2.71. The monoisotopic (exact) mass is 474 g/mol. The zero-order valence-corrected chi connectivity index (χ0v) is 18.9. The number of carbonyl (C=O) groups is 2. The van der Waals surface area contributed by atoms with E-state index in [1.807, 2.05) is 35.8 Å². The van der Waals surface area contributed by atoms with Crippen molar-refractivity contribution >= 4 is 29.7 Å². The van der Waals surface area contributed by atoms with Crippen LogP contribution in [0.2, 0.25) is 0 Å². The van der Waals surface area contributed by atoms with Crippen molar-refractivity contribution in [3.8, 4) is 5.69 Å². The van der Waals surface area contributed by atoms with Crippen molar-refractivity contribution in [2.75, 3.05) is 31.6 Å². The zero-order chi connectivity index (χ0) is 24.7. The van der Waals surface area contributed by atoms with Gasteiger partial charge in [-0.1, -0.05) is 0 Å². The fourth-order valence-corrected chi connectivity index (χ4v) is 3.69. The summed E-state index contributed by atoms with van der Waals surface area (Å²) in [7, 11) is 1.67. The molecule has 1 aliphatic rings. The first kappa shape index (κ1) is 25.2. The van der Waals surface area contributed by atoms with Gasteiger partial charge in [0.15, 0.2) is 0 Å². The van der Waals surface area contributed by atoms with Gasteiger partial charge in [-0.3, -0.25) is 9.47 Å². The molecule has 11 heteroatoms. The summed E-state index contributed by atoms with van der Waals surface area (Å²) in [6.45, 7) is 2.91. The number of hydrogen-bond acceptors (Lipinski definition) is 7. The second kappa shape index (κ2) is 11.1. The standard InChI is InChI=1S/C22H26F2N6O2.CH2O/c1-26-8-7-22(23,24)6-4-15-10-16-5-9-29(20(16)28-12-15)17-2-3-19(27-13-17)30-14-18(11-25)32-21(30)31;1-2/h2-3,5,9-10,12-13,18,26H,4,6-8,11,14,25H2,1H3;1H2. The lowest BCUT2D eigenvalue weighted by molar-refractivity contribution is -0.0980. The van der Waals surface area contributed by atoms with Crippen molar-refractivity contribution in [2.24, 2.45) is 5.73 Å². The van der Waals surface area contributed by atoms with Crippen LogP contribution in [0.25, 0.3) is 16.7 Å². The van der Waals surface area contributed by atoms with Crippen molar-refractivity contribution in [3.05, 3.63) is 48.4 Å². The maximum Gasteiger partial charge on any atom is 0.415 e. The summed E-state index contributed by atoms with van der Waals surface area (Å²) in [5, 5.41) is 3.62. The molecule has 1 fully saturated rings. The van der Waals surface area contributed by atoms with Gasteiger partial charge in [0, 0.05) is 43.7 Å². The molecule has 3 aromatic rings. The average Bonchev–Trinajstić information content (AvgIpc) is 3.46. The summed E-state index contributed by atoms with van der Waals surface area (Å²) in [6.07, 6.45) is 4.22. The lowest BCUT2D eigenvalue weighted by Gasteiger charge is -2.16. The molecule has 0 aromatic carbocycles. The number of anilines is 1. The Hall–Kier alpha value is -3.44. The first-order valence-corrected chi connectivity index (χ1v) is 10.8. The number of pyridine rings is 2. The molecule has 0 bridgehead atoms. The third kappa shape index (κ3) is 5.72. The number of hydrogen-bond donors (Lipinski definition) is 2. The predicted molar refractivity (Wildman–Crippen MR) is 124 cm³/mol. The number of amides is 1. The van der Waals surface area contributed by atoms with Gasteiger partial charge in [-0.25, -0.2) is 23.5 Å². The molecule has 1 saturated heterocycles. The highest BCUT2D eigenvalue weighted by atomic mass is 19.3. The van der Waals surface area contributed by atoms with Gasteiger partial charge >= 0.3 is 6.09 Å².